The number of hydrogen-bond donors (Lipinski definition) is 2. The monoisotopic (exact) mass is 338 g/mol. The van der Waals surface area contributed by atoms with Crippen LogP contribution in [0.3, 0.4) is 0 Å². The number of benzene rings is 1. The van der Waals surface area contributed by atoms with Crippen molar-refractivity contribution in [2.24, 2.45) is 0 Å². The first-order valence-corrected chi connectivity index (χ1v) is 7.96. The zero-order chi connectivity index (χ0) is 17.7. The third kappa shape index (κ3) is 2.27. The summed E-state index contributed by atoms with van der Waals surface area (Å²) in [6.07, 6.45) is 0. The van der Waals surface area contributed by atoms with Crippen LogP contribution in [-0.2, 0) is 4.79 Å². The van der Waals surface area contributed by atoms with E-state index in [0.29, 0.717) is 11.5 Å². The number of rotatable bonds is 2. The van der Waals surface area contributed by atoms with Gasteiger partial charge >= 0.3 is 0 Å². The molecule has 0 saturated carbocycles. The van der Waals surface area contributed by atoms with Gasteiger partial charge in [-0.25, -0.2) is 4.68 Å². The predicted octanol–water partition coefficient (Wildman–Crippen LogP) is 1.78. The molecular formula is C16H18N8O. The molecule has 0 unspecified atom stereocenters. The van der Waals surface area contributed by atoms with Crippen LogP contribution < -0.4 is 10.2 Å². The third-order valence-corrected chi connectivity index (χ3v) is 4.70. The number of hydrogen-bond acceptors (Lipinski definition) is 6. The number of anilines is 2. The van der Waals surface area contributed by atoms with Crippen LogP contribution in [0.15, 0.2) is 29.5 Å². The molecule has 1 aliphatic heterocycles. The van der Waals surface area contributed by atoms with Crippen molar-refractivity contribution in [3.63, 3.8) is 0 Å². The number of amides is 1. The number of nitrogens with zero attached hydrogens (tertiary/aromatic N) is 6. The Bertz CT molecular complexity index is 1010. The first-order chi connectivity index (χ1) is 12.0. The first-order valence-electron chi connectivity index (χ1n) is 7.96. The Kier molecular flexibility index (Phi) is 3.31. The average molecular weight is 338 g/mol. The standard InChI is InChI=1S/C16H18N8O/c1-8-12-7-11(5-6-13(12)19-18-8)17-15(25)14-9(2)23(4)16-20-21-22-24(16)10(14)3/h5-7,10H,1-4H3,(H,17,25)(H,18,19)/t10-/m1/s1. The third-order valence-electron chi connectivity index (χ3n) is 4.70. The van der Waals surface area contributed by atoms with Crippen LogP contribution in [-0.4, -0.2) is 43.4 Å². The number of aromatic amines is 1. The topological polar surface area (TPSA) is 105 Å². The summed E-state index contributed by atoms with van der Waals surface area (Å²) in [4.78, 5) is 14.7. The van der Waals surface area contributed by atoms with E-state index < -0.39 is 0 Å². The van der Waals surface area contributed by atoms with Crippen molar-refractivity contribution in [3.05, 3.63) is 35.2 Å². The van der Waals surface area contributed by atoms with Crippen LogP contribution in [0, 0.1) is 6.92 Å². The molecule has 128 valence electrons. The summed E-state index contributed by atoms with van der Waals surface area (Å²) in [5, 5.41) is 22.8. The zero-order valence-electron chi connectivity index (χ0n) is 14.4. The summed E-state index contributed by atoms with van der Waals surface area (Å²) >= 11 is 0. The molecule has 9 heteroatoms. The second-order valence-corrected chi connectivity index (χ2v) is 6.19. The van der Waals surface area contributed by atoms with Crippen LogP contribution in [0.1, 0.15) is 25.6 Å². The lowest BCUT2D eigenvalue weighted by Crippen LogP contribution is -2.34. The number of carbonyl (C=O) groups excluding carboxylic acids is 1. The van der Waals surface area contributed by atoms with E-state index in [-0.39, 0.29) is 11.9 Å². The largest absolute Gasteiger partial charge is 0.322 e. The molecule has 1 amide bonds. The second kappa shape index (κ2) is 5.40. The summed E-state index contributed by atoms with van der Waals surface area (Å²) in [7, 11) is 1.84. The van der Waals surface area contributed by atoms with E-state index in [4.69, 9.17) is 0 Å². The Hall–Kier alpha value is -3.23. The molecule has 4 rings (SSSR count). The average Bonchev–Trinajstić information content (AvgIpc) is 3.21. The van der Waals surface area contributed by atoms with Gasteiger partial charge in [0.25, 0.3) is 5.91 Å². The highest BCUT2D eigenvalue weighted by molar-refractivity contribution is 6.06. The zero-order valence-corrected chi connectivity index (χ0v) is 14.4. The van der Waals surface area contributed by atoms with Gasteiger partial charge in [0.15, 0.2) is 0 Å². The van der Waals surface area contributed by atoms with Crippen molar-refractivity contribution < 1.29 is 4.79 Å². The van der Waals surface area contributed by atoms with E-state index in [2.05, 4.69) is 31.0 Å². The molecule has 0 spiro atoms. The molecule has 3 aromatic rings. The quantitative estimate of drug-likeness (QED) is 0.738. The van der Waals surface area contributed by atoms with Gasteiger partial charge in [0, 0.05) is 29.5 Å². The van der Waals surface area contributed by atoms with Crippen LogP contribution >= 0.6 is 0 Å². The van der Waals surface area contributed by atoms with Crippen LogP contribution in [0.4, 0.5) is 11.6 Å². The molecule has 0 radical (unpaired) electrons. The van der Waals surface area contributed by atoms with Crippen molar-refractivity contribution in [2.75, 3.05) is 17.3 Å². The van der Waals surface area contributed by atoms with Gasteiger partial charge in [0.1, 0.15) is 0 Å². The highest BCUT2D eigenvalue weighted by Crippen LogP contribution is 2.32. The van der Waals surface area contributed by atoms with Gasteiger partial charge in [-0.1, -0.05) is 5.10 Å². The minimum atomic E-state index is -0.249. The number of tetrazole rings is 1. The molecule has 2 aromatic heterocycles. The Balaban J connectivity index is 1.67. The Labute approximate surface area is 143 Å². The Morgan fingerprint density at radius 1 is 1.32 bits per heavy atom. The van der Waals surface area contributed by atoms with Gasteiger partial charge in [0.05, 0.1) is 17.1 Å². The maximum absolute atomic E-state index is 12.9. The van der Waals surface area contributed by atoms with E-state index in [9.17, 15) is 4.79 Å². The summed E-state index contributed by atoms with van der Waals surface area (Å²) in [6, 6.07) is 5.39. The van der Waals surface area contributed by atoms with Gasteiger partial charge in [-0.3, -0.25) is 9.89 Å². The molecule has 3 heterocycles. The van der Waals surface area contributed by atoms with Gasteiger partial charge in [-0.05, 0) is 49.4 Å². The van der Waals surface area contributed by atoms with E-state index >= 15 is 0 Å². The molecule has 0 aliphatic carbocycles. The molecule has 1 atom stereocenters. The molecule has 1 aliphatic rings. The van der Waals surface area contributed by atoms with Gasteiger partial charge < -0.3 is 10.2 Å². The number of aryl methyl sites for hydroxylation is 1. The SMILES string of the molecule is CC1=C(C(=O)Nc2ccc3n[nH]c(C)c3c2)[C@@H](C)n2nnnc2N1C. The molecule has 0 bridgehead atoms. The number of carbonyl (C=O) groups is 1. The number of nitrogens with one attached hydrogen (secondary N) is 2. The van der Waals surface area contributed by atoms with Crippen LogP contribution in [0.5, 0.6) is 0 Å². The van der Waals surface area contributed by atoms with E-state index in [1.807, 2.05) is 50.9 Å². The Morgan fingerprint density at radius 3 is 2.92 bits per heavy atom. The van der Waals surface area contributed by atoms with Crippen molar-refractivity contribution >= 4 is 28.4 Å². The lowest BCUT2D eigenvalue weighted by atomic mass is 10.0. The molecule has 9 nitrogen and oxygen atoms in total. The minimum Gasteiger partial charge on any atom is -0.322 e. The maximum atomic E-state index is 12.9. The van der Waals surface area contributed by atoms with Gasteiger partial charge in [0.2, 0.25) is 5.95 Å². The number of allylic oxidation sites excluding steroid dienone is 1. The van der Waals surface area contributed by atoms with Crippen LogP contribution in [0.2, 0.25) is 0 Å². The lowest BCUT2D eigenvalue weighted by molar-refractivity contribution is -0.113. The number of H-pyrrole nitrogens is 1. The van der Waals surface area contributed by atoms with Crippen molar-refractivity contribution in [3.8, 4) is 0 Å². The highest BCUT2D eigenvalue weighted by atomic mass is 16.1. The van der Waals surface area contributed by atoms with Crippen molar-refractivity contribution in [1.82, 2.24) is 30.4 Å². The molecule has 2 N–H and O–H groups in total. The first kappa shape index (κ1) is 15.3. The number of fused-ring (bicyclic) bond motifs is 2. The van der Waals surface area contributed by atoms with E-state index in [0.717, 1.165) is 28.0 Å². The van der Waals surface area contributed by atoms with E-state index in [1.165, 1.54) is 0 Å². The molecule has 25 heavy (non-hydrogen) atoms. The van der Waals surface area contributed by atoms with Crippen molar-refractivity contribution in [1.29, 1.82) is 0 Å². The minimum absolute atomic E-state index is 0.168. The summed E-state index contributed by atoms with van der Waals surface area (Å²) in [5.74, 6) is 0.454. The fourth-order valence-corrected chi connectivity index (χ4v) is 3.18. The van der Waals surface area contributed by atoms with Gasteiger partial charge in [-0.15, -0.1) is 0 Å². The molecule has 0 fully saturated rings. The molecular weight excluding hydrogens is 320 g/mol. The number of aromatic nitrogens is 6. The fourth-order valence-electron chi connectivity index (χ4n) is 3.18. The summed E-state index contributed by atoms with van der Waals surface area (Å²) < 4.78 is 1.64. The van der Waals surface area contributed by atoms with Gasteiger partial charge in [-0.2, -0.15) is 5.10 Å². The lowest BCUT2D eigenvalue weighted by Gasteiger charge is -2.30. The highest BCUT2D eigenvalue weighted by Gasteiger charge is 2.32. The predicted molar refractivity (Wildman–Crippen MR) is 93.1 cm³/mol. The molecule has 1 aromatic carbocycles. The fraction of sp³-hybridized carbons (Fsp3) is 0.312. The van der Waals surface area contributed by atoms with E-state index in [1.54, 1.807) is 4.68 Å². The smallest absolute Gasteiger partial charge is 0.255 e. The van der Waals surface area contributed by atoms with Crippen molar-refractivity contribution in [2.45, 2.75) is 26.8 Å². The van der Waals surface area contributed by atoms with Crippen LogP contribution in [0.25, 0.3) is 10.9 Å². The summed E-state index contributed by atoms with van der Waals surface area (Å²) in [6.45, 7) is 5.76. The second-order valence-electron chi connectivity index (χ2n) is 6.19. The maximum Gasteiger partial charge on any atom is 0.255 e. The summed E-state index contributed by atoms with van der Waals surface area (Å²) in [5.41, 5.74) is 4.01. The Morgan fingerprint density at radius 2 is 2.12 bits per heavy atom. The molecule has 0 saturated heterocycles. The normalized spacial score (nSPS) is 17.1.